The van der Waals surface area contributed by atoms with Gasteiger partial charge < -0.3 is 19.9 Å². The maximum atomic E-state index is 14.5. The number of rotatable bonds is 5. The largest absolute Gasteiger partial charge is 0.377 e. The van der Waals surface area contributed by atoms with E-state index in [1.54, 1.807) is 11.0 Å². The van der Waals surface area contributed by atoms with Crippen LogP contribution in [-0.4, -0.2) is 61.8 Å². The third-order valence-corrected chi connectivity index (χ3v) is 4.25. The molecule has 1 fully saturated rings. The SMILES string of the molecule is CC(=S)NC[C@H]1CN(c2ccc(N3C=NN(C=O)CC3)c(F)c2)CO1. The molecular formula is C16H20FN5O2S. The van der Waals surface area contributed by atoms with Crippen molar-refractivity contribution in [1.29, 1.82) is 0 Å². The number of nitrogens with zero attached hydrogens (tertiary/aromatic N) is 4. The van der Waals surface area contributed by atoms with Gasteiger partial charge in [0.1, 0.15) is 18.9 Å². The molecule has 1 aromatic carbocycles. The smallest absolute Gasteiger partial charge is 0.229 e. The Morgan fingerprint density at radius 2 is 2.36 bits per heavy atom. The molecule has 7 nitrogen and oxygen atoms in total. The third kappa shape index (κ3) is 4.23. The number of benzene rings is 1. The van der Waals surface area contributed by atoms with Gasteiger partial charge in [-0.1, -0.05) is 12.2 Å². The highest BCUT2D eigenvalue weighted by molar-refractivity contribution is 7.80. The minimum Gasteiger partial charge on any atom is -0.377 e. The van der Waals surface area contributed by atoms with Crippen LogP contribution < -0.4 is 15.1 Å². The van der Waals surface area contributed by atoms with E-state index >= 15 is 0 Å². The number of carbonyl (C=O) groups excluding carboxylic acids is 1. The lowest BCUT2D eigenvalue weighted by atomic mass is 10.2. The summed E-state index contributed by atoms with van der Waals surface area (Å²) in [7, 11) is 0. The average Bonchev–Trinajstić information content (AvgIpc) is 3.09. The van der Waals surface area contributed by atoms with Crippen molar-refractivity contribution in [2.45, 2.75) is 13.0 Å². The van der Waals surface area contributed by atoms with Gasteiger partial charge in [-0.2, -0.15) is 5.10 Å². The van der Waals surface area contributed by atoms with E-state index in [0.29, 0.717) is 45.0 Å². The topological polar surface area (TPSA) is 60.4 Å². The summed E-state index contributed by atoms with van der Waals surface area (Å²) in [5.74, 6) is -0.334. The van der Waals surface area contributed by atoms with Gasteiger partial charge in [-0.25, -0.2) is 9.40 Å². The van der Waals surface area contributed by atoms with Crippen molar-refractivity contribution in [2.24, 2.45) is 5.10 Å². The van der Waals surface area contributed by atoms with Crippen molar-refractivity contribution >= 4 is 41.3 Å². The van der Waals surface area contributed by atoms with Gasteiger partial charge in [0, 0.05) is 25.3 Å². The summed E-state index contributed by atoms with van der Waals surface area (Å²) in [5, 5.41) is 8.31. The number of carbonyl (C=O) groups is 1. The van der Waals surface area contributed by atoms with E-state index in [2.05, 4.69) is 10.4 Å². The van der Waals surface area contributed by atoms with Crippen LogP contribution in [0.15, 0.2) is 23.3 Å². The quantitative estimate of drug-likeness (QED) is 0.624. The number of hydrogen-bond acceptors (Lipinski definition) is 6. The van der Waals surface area contributed by atoms with Gasteiger partial charge in [0.2, 0.25) is 6.41 Å². The Labute approximate surface area is 151 Å². The minimum absolute atomic E-state index is 0.0178. The summed E-state index contributed by atoms with van der Waals surface area (Å²) in [6.45, 7) is 4.48. The first-order valence-electron chi connectivity index (χ1n) is 8.00. The molecule has 1 aromatic rings. The van der Waals surface area contributed by atoms with Crippen molar-refractivity contribution in [3.05, 3.63) is 24.0 Å². The van der Waals surface area contributed by atoms with Crippen molar-refractivity contribution < 1.29 is 13.9 Å². The van der Waals surface area contributed by atoms with Crippen molar-refractivity contribution in [3.63, 3.8) is 0 Å². The molecule has 0 aromatic heterocycles. The van der Waals surface area contributed by atoms with Gasteiger partial charge in [-0.3, -0.25) is 4.79 Å². The van der Waals surface area contributed by atoms with Crippen molar-refractivity contribution in [3.8, 4) is 0 Å². The number of halogens is 1. The Bertz CT molecular complexity index is 686. The predicted octanol–water partition coefficient (Wildman–Crippen LogP) is 1.15. The lowest BCUT2D eigenvalue weighted by molar-refractivity contribution is -0.118. The van der Waals surface area contributed by atoms with Crippen LogP contribution in [0.5, 0.6) is 0 Å². The Balaban J connectivity index is 1.64. The van der Waals surface area contributed by atoms with Crippen LogP contribution >= 0.6 is 12.2 Å². The highest BCUT2D eigenvalue weighted by Crippen LogP contribution is 2.27. The summed E-state index contributed by atoms with van der Waals surface area (Å²) >= 11 is 4.99. The van der Waals surface area contributed by atoms with E-state index in [-0.39, 0.29) is 11.9 Å². The molecule has 0 saturated carbocycles. The molecule has 0 unspecified atom stereocenters. The first-order chi connectivity index (χ1) is 12.1. The standard InChI is InChI=1S/C16H20FN5O2S/c1-12(25)18-7-14-8-21(11-24-14)13-2-3-16(15(17)6-13)20-4-5-22(10-23)19-9-20/h2-3,6,9-10,14H,4-5,7-8,11H2,1H3,(H,18,25)/t14-/m0/s1. The number of thiocarbonyl (C=S) groups is 1. The number of nitrogens with one attached hydrogen (secondary N) is 1. The number of amides is 1. The molecule has 0 bridgehead atoms. The lowest BCUT2D eigenvalue weighted by Gasteiger charge is -2.27. The molecule has 2 aliphatic rings. The van der Waals surface area contributed by atoms with Crippen LogP contribution in [0, 0.1) is 5.82 Å². The van der Waals surface area contributed by atoms with E-state index in [1.807, 2.05) is 17.9 Å². The molecule has 9 heteroatoms. The zero-order valence-electron chi connectivity index (χ0n) is 13.9. The monoisotopic (exact) mass is 365 g/mol. The highest BCUT2D eigenvalue weighted by atomic mass is 32.1. The molecule has 134 valence electrons. The fourth-order valence-electron chi connectivity index (χ4n) is 2.75. The normalized spacial score (nSPS) is 20.1. The number of hydrogen-bond donors (Lipinski definition) is 1. The zero-order valence-corrected chi connectivity index (χ0v) is 14.7. The first-order valence-corrected chi connectivity index (χ1v) is 8.41. The summed E-state index contributed by atoms with van der Waals surface area (Å²) < 4.78 is 20.2. The average molecular weight is 365 g/mol. The number of hydrazone groups is 1. The van der Waals surface area contributed by atoms with Gasteiger partial charge in [0.05, 0.1) is 23.3 Å². The molecule has 1 amide bonds. The van der Waals surface area contributed by atoms with Crippen LogP contribution in [0.2, 0.25) is 0 Å². The Morgan fingerprint density at radius 3 is 3.00 bits per heavy atom. The van der Waals surface area contributed by atoms with Gasteiger partial charge in [0.25, 0.3) is 0 Å². The molecule has 1 atom stereocenters. The summed E-state index contributed by atoms with van der Waals surface area (Å²) in [6, 6.07) is 5.08. The number of ether oxygens (including phenoxy) is 1. The van der Waals surface area contributed by atoms with Gasteiger partial charge in [-0.05, 0) is 25.1 Å². The third-order valence-electron chi connectivity index (χ3n) is 4.11. The molecule has 0 radical (unpaired) electrons. The zero-order chi connectivity index (χ0) is 17.8. The molecule has 25 heavy (non-hydrogen) atoms. The van der Waals surface area contributed by atoms with Crippen LogP contribution in [0.3, 0.4) is 0 Å². The maximum Gasteiger partial charge on any atom is 0.229 e. The summed E-state index contributed by atoms with van der Waals surface area (Å²) in [4.78, 5) is 15.1. The Morgan fingerprint density at radius 1 is 1.52 bits per heavy atom. The molecule has 0 spiro atoms. The van der Waals surface area contributed by atoms with Crippen LogP contribution in [0.25, 0.3) is 0 Å². The molecule has 0 aliphatic carbocycles. The van der Waals surface area contributed by atoms with Crippen LogP contribution in [-0.2, 0) is 9.53 Å². The molecule has 2 aliphatic heterocycles. The summed E-state index contributed by atoms with van der Waals surface area (Å²) in [5.41, 5.74) is 1.21. The fourth-order valence-corrected chi connectivity index (χ4v) is 2.83. The van der Waals surface area contributed by atoms with Gasteiger partial charge in [0.15, 0.2) is 0 Å². The second-order valence-corrected chi connectivity index (χ2v) is 6.52. The molecule has 2 heterocycles. The maximum absolute atomic E-state index is 14.5. The molecule has 1 saturated heterocycles. The van der Waals surface area contributed by atoms with Crippen LogP contribution in [0.4, 0.5) is 15.8 Å². The first kappa shape index (κ1) is 17.6. The Hall–Kier alpha value is -2.26. The highest BCUT2D eigenvalue weighted by Gasteiger charge is 2.24. The van der Waals surface area contributed by atoms with E-state index in [4.69, 9.17) is 17.0 Å². The van der Waals surface area contributed by atoms with Crippen molar-refractivity contribution in [1.82, 2.24) is 10.3 Å². The lowest BCUT2D eigenvalue weighted by Crippen LogP contribution is -2.37. The van der Waals surface area contributed by atoms with Crippen LogP contribution in [0.1, 0.15) is 6.92 Å². The van der Waals surface area contributed by atoms with Crippen molar-refractivity contribution in [2.75, 3.05) is 42.7 Å². The Kier molecular flexibility index (Phi) is 5.44. The second kappa shape index (κ2) is 7.75. The molecule has 3 rings (SSSR count). The molecular weight excluding hydrogens is 345 g/mol. The van der Waals surface area contributed by atoms with E-state index < -0.39 is 0 Å². The summed E-state index contributed by atoms with van der Waals surface area (Å²) in [6.07, 6.45) is 2.13. The fraction of sp³-hybridized carbons (Fsp3) is 0.438. The second-order valence-electron chi connectivity index (χ2n) is 5.91. The van der Waals surface area contributed by atoms with Gasteiger partial charge >= 0.3 is 0 Å². The van der Waals surface area contributed by atoms with E-state index in [9.17, 15) is 9.18 Å². The minimum atomic E-state index is -0.334. The number of anilines is 2. The van der Waals surface area contributed by atoms with E-state index in [1.165, 1.54) is 17.4 Å². The molecule has 1 N–H and O–H groups in total. The van der Waals surface area contributed by atoms with Gasteiger partial charge in [-0.15, -0.1) is 0 Å². The van der Waals surface area contributed by atoms with E-state index in [0.717, 1.165) is 10.7 Å². The predicted molar refractivity (Wildman–Crippen MR) is 98.4 cm³/mol.